The smallest absolute Gasteiger partial charge is 0.373 e. The maximum Gasteiger partial charge on any atom is 0.373 e. The Labute approximate surface area is 629 Å². The van der Waals surface area contributed by atoms with Crippen LogP contribution in [-0.4, -0.2) is 104 Å². The van der Waals surface area contributed by atoms with Gasteiger partial charge in [0.1, 0.15) is 11.5 Å². The number of aryl methyl sites for hydroxylation is 1. The van der Waals surface area contributed by atoms with Crippen LogP contribution in [0.1, 0.15) is 109 Å². The van der Waals surface area contributed by atoms with Gasteiger partial charge < -0.3 is 19.9 Å². The number of esters is 3. The summed E-state index contributed by atoms with van der Waals surface area (Å²) in [5.41, 5.74) is 13.8. The van der Waals surface area contributed by atoms with Gasteiger partial charge in [-0.2, -0.15) is 9.59 Å². The molecule has 0 fully saturated rings. The van der Waals surface area contributed by atoms with Crippen LogP contribution in [0, 0.1) is 0 Å². The minimum absolute atomic E-state index is 0.0708. The van der Waals surface area contributed by atoms with Crippen LogP contribution in [0.25, 0.3) is 86.7 Å². The zero-order valence-corrected chi connectivity index (χ0v) is 59.9. The van der Waals surface area contributed by atoms with Gasteiger partial charge in [0, 0.05) is 124 Å². The third kappa shape index (κ3) is 13.3. The number of hydrogen-bond donors (Lipinski definition) is 1. The molecule has 0 spiro atoms. The topological polar surface area (TPSA) is 265 Å². The van der Waals surface area contributed by atoms with Gasteiger partial charge in [-0.3, -0.25) is 48.9 Å². The Bertz CT molecular complexity index is 5870. The second-order valence-corrected chi connectivity index (χ2v) is 26.6. The molecule has 0 aliphatic carbocycles. The number of amides is 4. The number of pyridine rings is 4. The highest BCUT2D eigenvalue weighted by atomic mass is 35.5. The largest absolute Gasteiger partial charge is 0.462 e. The van der Waals surface area contributed by atoms with Crippen LogP contribution in [0.5, 0.6) is 11.5 Å². The molecule has 0 saturated heterocycles. The molecule has 0 bridgehead atoms. The molecule has 4 amide bonds. The van der Waals surface area contributed by atoms with Crippen LogP contribution in [0.4, 0.5) is 0 Å². The van der Waals surface area contributed by atoms with Crippen LogP contribution in [0.3, 0.4) is 0 Å². The third-order valence-electron chi connectivity index (χ3n) is 18.9. The van der Waals surface area contributed by atoms with E-state index in [1.165, 1.54) is 45.8 Å². The number of nitrogens with two attached hydrogens (primary N) is 1. The number of rotatable bonds is 15. The van der Waals surface area contributed by atoms with Gasteiger partial charge in [0.2, 0.25) is 0 Å². The van der Waals surface area contributed by atoms with Crippen molar-refractivity contribution in [2.75, 3.05) is 26.2 Å². The van der Waals surface area contributed by atoms with Gasteiger partial charge >= 0.3 is 24.1 Å². The van der Waals surface area contributed by atoms with E-state index in [0.29, 0.717) is 138 Å². The Balaban J connectivity index is 0.000000156. The van der Waals surface area contributed by atoms with Crippen molar-refractivity contribution in [3.63, 3.8) is 0 Å². The Kier molecular flexibility index (Phi) is 20.5. The maximum absolute atomic E-state index is 13.8. The molecule has 0 saturated carbocycles. The summed E-state index contributed by atoms with van der Waals surface area (Å²) in [5, 5.41) is 8.34. The first-order valence-electron chi connectivity index (χ1n) is 33.8. The van der Waals surface area contributed by atoms with Gasteiger partial charge in [0.05, 0.1) is 66.5 Å². The van der Waals surface area contributed by atoms with E-state index in [1.807, 2.05) is 97.9 Å². The van der Waals surface area contributed by atoms with Gasteiger partial charge in [0.15, 0.2) is 0 Å². The van der Waals surface area contributed by atoms with Crippen LogP contribution in [0.15, 0.2) is 201 Å². The lowest BCUT2D eigenvalue weighted by atomic mass is 9.86. The Hall–Kier alpha value is -12.2. The lowest BCUT2D eigenvalue weighted by Crippen LogP contribution is -2.41. The molecular formula is C84H57Cl4N7O12. The van der Waals surface area contributed by atoms with Crippen molar-refractivity contribution in [1.82, 2.24) is 29.7 Å². The molecule has 107 heavy (non-hydrogen) atoms. The first kappa shape index (κ1) is 71.8. The molecule has 23 heteroatoms. The summed E-state index contributed by atoms with van der Waals surface area (Å²) < 4.78 is 16.8. The third-order valence-corrected chi connectivity index (χ3v) is 19.9. The van der Waals surface area contributed by atoms with Gasteiger partial charge in [-0.1, -0.05) is 169 Å². The van der Waals surface area contributed by atoms with E-state index in [1.54, 1.807) is 74.0 Å². The van der Waals surface area contributed by atoms with Crippen molar-refractivity contribution in [1.29, 1.82) is 0 Å². The van der Waals surface area contributed by atoms with Gasteiger partial charge in [0.25, 0.3) is 23.6 Å². The lowest BCUT2D eigenvalue weighted by molar-refractivity contribution is -0.191. The number of benzene rings is 11. The zero-order chi connectivity index (χ0) is 74.9. The summed E-state index contributed by atoms with van der Waals surface area (Å²) in [5.74, 6) is -3.22. The molecule has 0 unspecified atom stereocenters. The number of fused-ring (bicyclic) bond motifs is 4. The molecule has 2 aliphatic rings. The highest BCUT2D eigenvalue weighted by molar-refractivity contribution is 6.41. The van der Waals surface area contributed by atoms with Crippen molar-refractivity contribution in [3.05, 3.63) is 282 Å². The molecule has 4 aromatic heterocycles. The minimum Gasteiger partial charge on any atom is -0.462 e. The highest BCUT2D eigenvalue weighted by Gasteiger charge is 2.38. The van der Waals surface area contributed by atoms with E-state index in [4.69, 9.17) is 95.9 Å². The summed E-state index contributed by atoms with van der Waals surface area (Å²) >= 11 is 24.7. The SMILES string of the molecule is CCOC(=O)c1cnc2c3ccc(C(=O)Oc4ccc(Cl)cc4Cl)c4c(CC)cnc(c5ccc(C(=O)Oc6ccc(Cl)cc6Cl)c1c52)c43.NCCc1ccccc1.O=C1c2ccc3c4ncc5c6c(ccc(c7ncc(c2c37)C(=O)N1CCc1ccccc1)c64)C(=O)N(CCc1ccccc1)C5=O.O=C=O. The van der Waals surface area contributed by atoms with Crippen molar-refractivity contribution < 1.29 is 57.4 Å². The van der Waals surface area contributed by atoms with E-state index in [0.717, 1.165) is 29.7 Å². The van der Waals surface area contributed by atoms with E-state index in [9.17, 15) is 33.6 Å². The number of carbonyl (C=O) groups is 7. The number of nitrogens with zero attached hydrogens (tertiary/aromatic N) is 6. The Morgan fingerprint density at radius 3 is 1.20 bits per heavy atom. The molecule has 11 aromatic carbocycles. The highest BCUT2D eigenvalue weighted by Crippen LogP contribution is 2.47. The second-order valence-electron chi connectivity index (χ2n) is 24.9. The Morgan fingerprint density at radius 1 is 0.411 bits per heavy atom. The molecule has 0 atom stereocenters. The zero-order valence-electron chi connectivity index (χ0n) is 56.9. The normalized spacial score (nSPS) is 12.4. The molecule has 2 aliphatic heterocycles. The quantitative estimate of drug-likeness (QED) is 0.0328. The fraction of sp³-hybridized carbons (Fsp3) is 0.119. The van der Waals surface area contributed by atoms with E-state index in [-0.39, 0.29) is 87.5 Å². The molecule has 19 nitrogen and oxygen atoms in total. The van der Waals surface area contributed by atoms with E-state index >= 15 is 0 Å². The van der Waals surface area contributed by atoms with E-state index < -0.39 is 17.9 Å². The first-order valence-corrected chi connectivity index (χ1v) is 35.4. The fourth-order valence-electron chi connectivity index (χ4n) is 14.1. The summed E-state index contributed by atoms with van der Waals surface area (Å²) in [6.07, 6.45) is 9.07. The predicted octanol–water partition coefficient (Wildman–Crippen LogP) is 17.1. The number of imide groups is 2. The number of carbonyl (C=O) groups excluding carboxylic acids is 9. The fourth-order valence-corrected chi connectivity index (χ4v) is 14.9. The number of aromatic nitrogens is 4. The molecule has 15 aromatic rings. The molecule has 0 radical (unpaired) electrons. The summed E-state index contributed by atoms with van der Waals surface area (Å²) in [6, 6.07) is 52.7. The summed E-state index contributed by atoms with van der Waals surface area (Å²) in [4.78, 5) is 134. The van der Waals surface area contributed by atoms with E-state index in [2.05, 4.69) is 12.1 Å². The Morgan fingerprint density at radius 2 is 0.785 bits per heavy atom. The number of halogens is 4. The van der Waals surface area contributed by atoms with Crippen LogP contribution in [0.2, 0.25) is 20.1 Å². The monoisotopic (exact) mass is 1500 g/mol. The van der Waals surface area contributed by atoms with Crippen LogP contribution in [-0.2, 0) is 40.0 Å². The molecule has 528 valence electrons. The number of hydrogen-bond acceptors (Lipinski definition) is 17. The van der Waals surface area contributed by atoms with Gasteiger partial charge in [-0.25, -0.2) is 14.4 Å². The standard InChI is InChI=1S/C38H24N4O4.C37H22Cl4N2O6.C8H11N.CO2/c43-35-25-13-11-23-31-29(25)27(37(45)41(35)17-15-21-7-3-1-4-8-21)19-39-33(31)24-12-14-26-30-28(20-40-34(23)32(24)30)38(46)42(36(26)44)18-16-22-9-5-2-6-10-22;1-3-17-15-42-33-21-8-10-23(37(46)49-28-12-6-19(39)14-26(28)41)30-24(35(44)47-4-2)16-43-34(32(21)30)20-7-9-22(29(17)31(20)33)36(45)48-27-11-5-18(38)13-25(27)40;9-7-6-8-4-2-1-3-5-8;2-1-3/h1-14,19-20H,15-18H2;5-16H,3-4H2,1-2H3;1-5H,6-7,9H2;. The molecular weight excluding hydrogens is 1440 g/mol. The average Bonchev–Trinajstić information content (AvgIpc) is 0.718. The average molecular weight is 1500 g/mol. The van der Waals surface area contributed by atoms with Crippen LogP contribution < -0.4 is 15.2 Å². The summed E-state index contributed by atoms with van der Waals surface area (Å²) in [6.45, 7) is 5.00. The van der Waals surface area contributed by atoms with Crippen molar-refractivity contribution in [2.45, 2.75) is 39.5 Å². The maximum atomic E-state index is 13.8. The van der Waals surface area contributed by atoms with Crippen molar-refractivity contribution in [3.8, 4) is 11.5 Å². The minimum atomic E-state index is -0.761. The van der Waals surface area contributed by atoms with Crippen molar-refractivity contribution in [2.24, 2.45) is 5.73 Å². The van der Waals surface area contributed by atoms with Gasteiger partial charge in [-0.05, 0) is 122 Å². The van der Waals surface area contributed by atoms with Crippen LogP contribution >= 0.6 is 46.4 Å². The summed E-state index contributed by atoms with van der Waals surface area (Å²) in [7, 11) is 0. The molecule has 17 rings (SSSR count). The predicted molar refractivity (Wildman–Crippen MR) is 410 cm³/mol. The second kappa shape index (κ2) is 30.5. The molecule has 2 N–H and O–H groups in total. The van der Waals surface area contributed by atoms with Crippen molar-refractivity contribution >= 4 is 181 Å². The molecule has 6 heterocycles. The number of ether oxygens (including phenoxy) is 3. The van der Waals surface area contributed by atoms with Gasteiger partial charge in [-0.15, -0.1) is 0 Å². The lowest BCUT2D eigenvalue weighted by Gasteiger charge is -2.29. The first-order chi connectivity index (χ1) is 52.0.